The van der Waals surface area contributed by atoms with E-state index in [1.165, 1.54) is 11.8 Å². The van der Waals surface area contributed by atoms with Crippen molar-refractivity contribution in [2.24, 2.45) is 0 Å². The zero-order valence-electron chi connectivity index (χ0n) is 16.9. The van der Waals surface area contributed by atoms with Gasteiger partial charge in [0.2, 0.25) is 5.91 Å². The number of amides is 1. The van der Waals surface area contributed by atoms with E-state index in [0.717, 1.165) is 41.0 Å². The molecule has 0 aliphatic heterocycles. The van der Waals surface area contributed by atoms with E-state index in [4.69, 9.17) is 9.15 Å². The standard InChI is InChI=1S/C22H25N3O3S/c1-4-16-9-7-10-17(5-2)21(16)23-19(26)14-29-22-25-24-20(28-22)13-27-18-11-6-8-15(3)12-18/h6-12H,4-5,13-14H2,1-3H3,(H,23,26). The van der Waals surface area contributed by atoms with Crippen LogP contribution in [0.3, 0.4) is 0 Å². The number of hydrogen-bond acceptors (Lipinski definition) is 6. The Balaban J connectivity index is 1.52. The van der Waals surface area contributed by atoms with Crippen molar-refractivity contribution in [1.82, 2.24) is 10.2 Å². The van der Waals surface area contributed by atoms with Gasteiger partial charge in [-0.05, 0) is 48.6 Å². The molecule has 3 rings (SSSR count). The van der Waals surface area contributed by atoms with E-state index >= 15 is 0 Å². The van der Waals surface area contributed by atoms with Crippen LogP contribution in [0.15, 0.2) is 52.1 Å². The highest BCUT2D eigenvalue weighted by Crippen LogP contribution is 2.24. The number of thioether (sulfide) groups is 1. The first-order chi connectivity index (χ1) is 14.1. The van der Waals surface area contributed by atoms with Crippen LogP contribution >= 0.6 is 11.8 Å². The number of benzene rings is 2. The molecule has 6 nitrogen and oxygen atoms in total. The molecule has 1 aromatic heterocycles. The lowest BCUT2D eigenvalue weighted by atomic mass is 10.0. The molecule has 2 aromatic carbocycles. The van der Waals surface area contributed by atoms with Crippen molar-refractivity contribution in [1.29, 1.82) is 0 Å². The highest BCUT2D eigenvalue weighted by molar-refractivity contribution is 7.99. The van der Waals surface area contributed by atoms with Gasteiger partial charge in [0.05, 0.1) is 5.75 Å². The van der Waals surface area contributed by atoms with Gasteiger partial charge in [0.15, 0.2) is 6.61 Å². The van der Waals surface area contributed by atoms with E-state index in [0.29, 0.717) is 11.1 Å². The molecule has 0 bridgehead atoms. The first-order valence-corrected chi connectivity index (χ1v) is 10.6. The first-order valence-electron chi connectivity index (χ1n) is 9.64. The third kappa shape index (κ3) is 5.84. The minimum Gasteiger partial charge on any atom is -0.484 e. The molecule has 29 heavy (non-hydrogen) atoms. The van der Waals surface area contributed by atoms with Gasteiger partial charge < -0.3 is 14.5 Å². The zero-order valence-corrected chi connectivity index (χ0v) is 17.7. The van der Waals surface area contributed by atoms with Gasteiger partial charge in [-0.2, -0.15) is 0 Å². The Morgan fingerprint density at radius 3 is 2.52 bits per heavy atom. The lowest BCUT2D eigenvalue weighted by Gasteiger charge is -2.14. The van der Waals surface area contributed by atoms with Crippen molar-refractivity contribution in [3.8, 4) is 5.75 Å². The fourth-order valence-electron chi connectivity index (χ4n) is 2.91. The van der Waals surface area contributed by atoms with E-state index in [9.17, 15) is 4.79 Å². The van der Waals surface area contributed by atoms with E-state index in [1.807, 2.05) is 49.4 Å². The number of nitrogens with one attached hydrogen (secondary N) is 1. The molecular formula is C22H25N3O3S. The molecular weight excluding hydrogens is 386 g/mol. The number of nitrogens with zero attached hydrogens (tertiary/aromatic N) is 2. The van der Waals surface area contributed by atoms with Crippen LogP contribution in [0.25, 0.3) is 0 Å². The molecule has 1 N–H and O–H groups in total. The topological polar surface area (TPSA) is 77.2 Å². The third-order valence-corrected chi connectivity index (χ3v) is 5.21. The molecule has 0 unspecified atom stereocenters. The molecule has 0 fully saturated rings. The van der Waals surface area contributed by atoms with Crippen molar-refractivity contribution in [2.75, 3.05) is 11.1 Å². The summed E-state index contributed by atoms with van der Waals surface area (Å²) in [6.45, 7) is 6.35. The highest BCUT2D eigenvalue weighted by Gasteiger charge is 2.13. The summed E-state index contributed by atoms with van der Waals surface area (Å²) in [4.78, 5) is 12.4. The Labute approximate surface area is 175 Å². The largest absolute Gasteiger partial charge is 0.484 e. The maximum Gasteiger partial charge on any atom is 0.277 e. The van der Waals surface area contributed by atoms with E-state index in [1.54, 1.807) is 0 Å². The van der Waals surface area contributed by atoms with Crippen molar-refractivity contribution in [2.45, 2.75) is 45.4 Å². The quantitative estimate of drug-likeness (QED) is 0.509. The second-order valence-corrected chi connectivity index (χ2v) is 7.49. The minimum absolute atomic E-state index is 0.0960. The van der Waals surface area contributed by atoms with Crippen LogP contribution in [0.5, 0.6) is 5.75 Å². The number of rotatable bonds is 9. The normalized spacial score (nSPS) is 10.7. The van der Waals surface area contributed by atoms with Crippen LogP contribution in [-0.2, 0) is 24.2 Å². The zero-order chi connectivity index (χ0) is 20.6. The average molecular weight is 412 g/mol. The van der Waals surface area contributed by atoms with E-state index < -0.39 is 0 Å². The van der Waals surface area contributed by atoms with Gasteiger partial charge >= 0.3 is 0 Å². The number of carbonyl (C=O) groups is 1. The predicted octanol–water partition coefficient (Wildman–Crippen LogP) is 4.81. The molecule has 0 aliphatic carbocycles. The lowest BCUT2D eigenvalue weighted by molar-refractivity contribution is -0.113. The second-order valence-electron chi connectivity index (χ2n) is 6.56. The van der Waals surface area contributed by atoms with Crippen LogP contribution in [0, 0.1) is 6.92 Å². The molecule has 0 spiro atoms. The van der Waals surface area contributed by atoms with Crippen LogP contribution in [-0.4, -0.2) is 21.9 Å². The van der Waals surface area contributed by atoms with Crippen LogP contribution < -0.4 is 10.1 Å². The summed E-state index contributed by atoms with van der Waals surface area (Å²) >= 11 is 1.21. The first kappa shape index (κ1) is 20.9. The predicted molar refractivity (Wildman–Crippen MR) is 114 cm³/mol. The van der Waals surface area contributed by atoms with Crippen molar-refractivity contribution in [3.05, 3.63) is 65.0 Å². The third-order valence-electron chi connectivity index (χ3n) is 4.39. The Hall–Kier alpha value is -2.80. The van der Waals surface area contributed by atoms with Gasteiger partial charge in [0, 0.05) is 5.69 Å². The van der Waals surface area contributed by atoms with Crippen LogP contribution in [0.1, 0.15) is 36.4 Å². The molecule has 0 atom stereocenters. The Morgan fingerprint density at radius 2 is 1.83 bits per heavy atom. The van der Waals surface area contributed by atoms with Crippen molar-refractivity contribution < 1.29 is 13.9 Å². The van der Waals surface area contributed by atoms with Crippen molar-refractivity contribution in [3.63, 3.8) is 0 Å². The summed E-state index contributed by atoms with van der Waals surface area (Å²) in [5.74, 6) is 1.22. The Bertz CT molecular complexity index is 949. The van der Waals surface area contributed by atoms with Gasteiger partial charge in [0.1, 0.15) is 5.75 Å². The maximum atomic E-state index is 12.4. The summed E-state index contributed by atoms with van der Waals surface area (Å²) in [7, 11) is 0. The number of anilines is 1. The highest BCUT2D eigenvalue weighted by atomic mass is 32.2. The summed E-state index contributed by atoms with van der Waals surface area (Å²) < 4.78 is 11.2. The molecule has 152 valence electrons. The molecule has 1 heterocycles. The van der Waals surface area contributed by atoms with Crippen LogP contribution in [0.2, 0.25) is 0 Å². The molecule has 0 saturated carbocycles. The van der Waals surface area contributed by atoms with E-state index in [-0.39, 0.29) is 18.3 Å². The van der Waals surface area contributed by atoms with Gasteiger partial charge in [0.25, 0.3) is 11.1 Å². The smallest absolute Gasteiger partial charge is 0.277 e. The number of aromatic nitrogens is 2. The van der Waals surface area contributed by atoms with Gasteiger partial charge in [-0.3, -0.25) is 4.79 Å². The van der Waals surface area contributed by atoms with E-state index in [2.05, 4.69) is 29.4 Å². The minimum atomic E-state index is -0.0960. The number of carbonyl (C=O) groups excluding carboxylic acids is 1. The summed E-state index contributed by atoms with van der Waals surface area (Å²) in [6, 6.07) is 13.9. The second kappa shape index (κ2) is 10.1. The van der Waals surface area contributed by atoms with Gasteiger partial charge in [-0.15, -0.1) is 10.2 Å². The number of para-hydroxylation sites is 1. The Kier molecular flexibility index (Phi) is 7.30. The molecule has 1 amide bonds. The maximum absolute atomic E-state index is 12.4. The number of ether oxygens (including phenoxy) is 1. The SMILES string of the molecule is CCc1cccc(CC)c1NC(=O)CSc1nnc(COc2cccc(C)c2)o1. The molecule has 7 heteroatoms. The summed E-state index contributed by atoms with van der Waals surface area (Å²) in [6.07, 6.45) is 1.73. The monoisotopic (exact) mass is 411 g/mol. The molecule has 0 radical (unpaired) electrons. The average Bonchev–Trinajstić information content (AvgIpc) is 3.19. The molecule has 3 aromatic rings. The fourth-order valence-corrected chi connectivity index (χ4v) is 3.49. The molecule has 0 aliphatic rings. The molecule has 0 saturated heterocycles. The van der Waals surface area contributed by atoms with Gasteiger partial charge in [-0.25, -0.2) is 0 Å². The Morgan fingerprint density at radius 1 is 1.10 bits per heavy atom. The summed E-state index contributed by atoms with van der Waals surface area (Å²) in [5.41, 5.74) is 4.30. The number of hydrogen-bond donors (Lipinski definition) is 1. The summed E-state index contributed by atoms with van der Waals surface area (Å²) in [5, 5.41) is 11.3. The fraction of sp³-hybridized carbons (Fsp3) is 0.318. The van der Waals surface area contributed by atoms with Crippen molar-refractivity contribution >= 4 is 23.4 Å². The lowest BCUT2D eigenvalue weighted by Crippen LogP contribution is -2.16. The van der Waals surface area contributed by atoms with Gasteiger partial charge in [-0.1, -0.05) is 55.9 Å². The van der Waals surface area contributed by atoms with Crippen LogP contribution in [0.4, 0.5) is 5.69 Å². The number of aryl methyl sites for hydroxylation is 3.